The van der Waals surface area contributed by atoms with Gasteiger partial charge in [0, 0.05) is 0 Å². The van der Waals surface area contributed by atoms with Crippen molar-refractivity contribution in [3.63, 3.8) is 0 Å². The van der Waals surface area contributed by atoms with Gasteiger partial charge in [0.25, 0.3) is 0 Å². The molecule has 4 nitrogen and oxygen atoms in total. The second kappa shape index (κ2) is 16.6. The van der Waals surface area contributed by atoms with E-state index in [1.54, 1.807) is 24.3 Å². The van der Waals surface area contributed by atoms with Crippen LogP contribution in [0.2, 0.25) is 0 Å². The molecule has 0 aromatic heterocycles. The van der Waals surface area contributed by atoms with Gasteiger partial charge in [0.15, 0.2) is 0 Å². The van der Waals surface area contributed by atoms with Gasteiger partial charge in [-0.2, -0.15) is 0 Å². The van der Waals surface area contributed by atoms with Gasteiger partial charge in [-0.3, -0.25) is 0 Å². The number of rotatable bonds is 10. The normalized spacial score (nSPS) is 12.2. The van der Waals surface area contributed by atoms with Gasteiger partial charge in [0.05, 0.1) is 0 Å². The van der Waals surface area contributed by atoms with Crippen LogP contribution >= 0.6 is 0 Å². The first-order chi connectivity index (χ1) is 33.0. The second-order valence-electron chi connectivity index (χ2n) is 17.2. The minimum atomic E-state index is -4.52. The van der Waals surface area contributed by atoms with Crippen LogP contribution in [0.1, 0.15) is 22.3 Å². The lowest BCUT2D eigenvalue weighted by atomic mass is 9.82. The van der Waals surface area contributed by atoms with Gasteiger partial charge >= 0.3 is 10.4 Å². The summed E-state index contributed by atoms with van der Waals surface area (Å²) in [6, 6.07) is 78.5. The van der Waals surface area contributed by atoms with E-state index in [-0.39, 0.29) is 11.5 Å². The molecule has 0 bridgehead atoms. The highest BCUT2D eigenvalue weighted by molar-refractivity contribution is 7.82. The van der Waals surface area contributed by atoms with Crippen molar-refractivity contribution in [3.8, 4) is 101 Å². The molecule has 67 heavy (non-hydrogen) atoms. The molecule has 0 heterocycles. The third-order valence-electron chi connectivity index (χ3n) is 13.2. The molecule has 2 aliphatic carbocycles. The first-order valence-electron chi connectivity index (χ1n) is 22.6. The van der Waals surface area contributed by atoms with Crippen molar-refractivity contribution in [1.82, 2.24) is 0 Å². The maximum Gasteiger partial charge on any atom is 0.500 e. The van der Waals surface area contributed by atoms with Gasteiger partial charge in [0.1, 0.15) is 11.5 Å². The summed E-state index contributed by atoms with van der Waals surface area (Å²) < 4.78 is 38.7. The fraction of sp³-hybridized carbons (Fsp3) is 0.0323. The Kier molecular flexibility index (Phi) is 10.00. The van der Waals surface area contributed by atoms with E-state index < -0.39 is 10.4 Å². The Labute approximate surface area is 391 Å². The summed E-state index contributed by atoms with van der Waals surface area (Å²) in [5, 5.41) is 0. The van der Waals surface area contributed by atoms with Gasteiger partial charge in [-0.15, -0.1) is 8.42 Å². The smallest absolute Gasteiger partial charge is 0.353 e. The van der Waals surface area contributed by atoms with Crippen LogP contribution < -0.4 is 8.37 Å². The monoisotopic (exact) mass is 882 g/mol. The fourth-order valence-corrected chi connectivity index (χ4v) is 11.0. The Morgan fingerprint density at radius 1 is 0.284 bits per heavy atom. The third kappa shape index (κ3) is 7.40. The minimum Gasteiger partial charge on any atom is -0.353 e. The molecule has 0 saturated heterocycles. The molecule has 5 heteroatoms. The van der Waals surface area contributed by atoms with Gasteiger partial charge in [-0.1, -0.05) is 194 Å². The zero-order valence-corrected chi connectivity index (χ0v) is 37.2. The summed E-state index contributed by atoms with van der Waals surface area (Å²) in [6.07, 6.45) is 1.58. The van der Waals surface area contributed by atoms with Crippen molar-refractivity contribution >= 4 is 10.4 Å². The summed E-state index contributed by atoms with van der Waals surface area (Å²) in [7, 11) is -4.52. The van der Waals surface area contributed by atoms with Crippen molar-refractivity contribution in [2.45, 2.75) is 12.8 Å². The Bertz CT molecular complexity index is 3350. The molecule has 0 amide bonds. The molecule has 0 saturated carbocycles. The van der Waals surface area contributed by atoms with Crippen molar-refractivity contribution in [2.24, 2.45) is 0 Å². The number of fused-ring (bicyclic) bond motifs is 6. The van der Waals surface area contributed by atoms with Crippen LogP contribution in [0.15, 0.2) is 231 Å². The van der Waals surface area contributed by atoms with Crippen LogP contribution in [0, 0.1) is 0 Å². The fourth-order valence-electron chi connectivity index (χ4n) is 10.3. The van der Waals surface area contributed by atoms with E-state index in [1.807, 2.05) is 48.5 Å². The average molecular weight is 883 g/mol. The average Bonchev–Trinajstić information content (AvgIpc) is 3.95. The van der Waals surface area contributed by atoms with Crippen molar-refractivity contribution in [2.75, 3.05) is 0 Å². The van der Waals surface area contributed by atoms with Gasteiger partial charge in [0.2, 0.25) is 0 Å². The molecule has 320 valence electrons. The SMILES string of the molecule is O=S(=O)(Oc1ccc(-c2c3c(cc(-c4ccccc4)c2-c2ccccc2)-c2ccccc2C3)cc1)Oc1ccc(-c2c3c(cc(-c4ccccc4)c2-c2ccccc2)-c2ccccc2C3)cc1. The maximum absolute atomic E-state index is 13.7. The standard InChI is InChI=1S/C62H42O4S/c63-67(64,65-49-33-29-45(30-34-49)61-57-37-47-25-13-15-27-51(47)55(57)39-53(41-17-5-1-6-18-41)59(61)43-21-9-3-10-22-43)66-50-35-31-46(32-36-50)62-58-38-48-26-14-16-28-52(48)56(58)40-54(42-19-7-2-8-20-42)60(62)44-23-11-4-12-24-44/h1-36,39-40H,37-38H2. The topological polar surface area (TPSA) is 52.6 Å². The molecule has 0 unspecified atom stereocenters. The quantitative estimate of drug-likeness (QED) is 0.137. The van der Waals surface area contributed by atoms with Gasteiger partial charge in [-0.25, -0.2) is 0 Å². The van der Waals surface area contributed by atoms with Crippen molar-refractivity contribution < 1.29 is 16.8 Å². The molecule has 0 N–H and O–H groups in total. The van der Waals surface area contributed by atoms with Crippen LogP contribution in [0.4, 0.5) is 0 Å². The van der Waals surface area contributed by atoms with E-state index in [2.05, 4.69) is 158 Å². The van der Waals surface area contributed by atoms with Gasteiger partial charge < -0.3 is 8.37 Å². The van der Waals surface area contributed by atoms with Crippen LogP contribution in [0.3, 0.4) is 0 Å². The Balaban J connectivity index is 0.884. The Morgan fingerprint density at radius 3 is 0.970 bits per heavy atom. The predicted octanol–water partition coefficient (Wildman–Crippen LogP) is 15.5. The summed E-state index contributed by atoms with van der Waals surface area (Å²) >= 11 is 0. The lowest BCUT2D eigenvalue weighted by Gasteiger charge is -2.21. The van der Waals surface area contributed by atoms with Crippen LogP contribution in [0.25, 0.3) is 89.0 Å². The predicted molar refractivity (Wildman–Crippen MR) is 272 cm³/mol. The molecule has 10 aromatic rings. The molecule has 0 fully saturated rings. The summed E-state index contributed by atoms with van der Waals surface area (Å²) in [4.78, 5) is 0. The Hall–Kier alpha value is -8.25. The maximum atomic E-state index is 13.7. The molecule has 0 aliphatic heterocycles. The van der Waals surface area contributed by atoms with Crippen LogP contribution in [0.5, 0.6) is 11.5 Å². The van der Waals surface area contributed by atoms with E-state index in [1.165, 1.54) is 44.5 Å². The lowest BCUT2D eigenvalue weighted by Crippen LogP contribution is -2.16. The second-order valence-corrected chi connectivity index (χ2v) is 18.3. The zero-order chi connectivity index (χ0) is 44.9. The highest BCUT2D eigenvalue weighted by Crippen LogP contribution is 2.52. The van der Waals surface area contributed by atoms with E-state index in [4.69, 9.17) is 8.37 Å². The van der Waals surface area contributed by atoms with E-state index >= 15 is 0 Å². The zero-order valence-electron chi connectivity index (χ0n) is 36.4. The number of hydrogen-bond acceptors (Lipinski definition) is 4. The van der Waals surface area contributed by atoms with Crippen LogP contribution in [-0.4, -0.2) is 8.42 Å². The van der Waals surface area contributed by atoms with Crippen molar-refractivity contribution in [1.29, 1.82) is 0 Å². The van der Waals surface area contributed by atoms with Gasteiger partial charge in [-0.05, 0) is 161 Å². The summed E-state index contributed by atoms with van der Waals surface area (Å²) in [5.41, 5.74) is 23.1. The largest absolute Gasteiger partial charge is 0.500 e. The van der Waals surface area contributed by atoms with E-state index in [9.17, 15) is 8.42 Å². The molecule has 0 atom stereocenters. The molecular formula is C62H42O4S. The minimum absolute atomic E-state index is 0.154. The first-order valence-corrected chi connectivity index (χ1v) is 23.9. The van der Waals surface area contributed by atoms with E-state index in [0.29, 0.717) is 0 Å². The molecule has 10 aromatic carbocycles. The molecule has 2 aliphatic rings. The van der Waals surface area contributed by atoms with Crippen LogP contribution in [-0.2, 0) is 23.2 Å². The van der Waals surface area contributed by atoms with Crippen molar-refractivity contribution in [3.05, 3.63) is 253 Å². The number of benzene rings is 10. The lowest BCUT2D eigenvalue weighted by molar-refractivity contribution is 0.392. The molecule has 12 rings (SSSR count). The third-order valence-corrected chi connectivity index (χ3v) is 14.0. The summed E-state index contributed by atoms with van der Waals surface area (Å²) in [5.74, 6) is 0.308. The highest BCUT2D eigenvalue weighted by atomic mass is 32.3. The summed E-state index contributed by atoms with van der Waals surface area (Å²) in [6.45, 7) is 0. The Morgan fingerprint density at radius 2 is 0.597 bits per heavy atom. The number of hydrogen-bond donors (Lipinski definition) is 0. The highest BCUT2D eigenvalue weighted by Gasteiger charge is 2.30. The van der Waals surface area contributed by atoms with E-state index in [0.717, 1.165) is 79.6 Å². The first kappa shape index (κ1) is 40.3. The molecule has 0 spiro atoms. The molecule has 0 radical (unpaired) electrons. The molecular weight excluding hydrogens is 841 g/mol.